The third kappa shape index (κ3) is 3.59. The molecule has 136 valence electrons. The summed E-state index contributed by atoms with van der Waals surface area (Å²) < 4.78 is 27.1. The normalized spacial score (nSPS) is 23.1. The van der Waals surface area contributed by atoms with E-state index >= 15 is 0 Å². The van der Waals surface area contributed by atoms with Crippen molar-refractivity contribution in [3.05, 3.63) is 29.8 Å². The first-order chi connectivity index (χ1) is 12.0. The molecule has 1 spiro atoms. The van der Waals surface area contributed by atoms with Gasteiger partial charge in [0.1, 0.15) is 0 Å². The molecular weight excluding hydrogens is 338 g/mol. The van der Waals surface area contributed by atoms with Crippen LogP contribution in [0, 0.1) is 5.41 Å². The van der Waals surface area contributed by atoms with Crippen LogP contribution in [-0.4, -0.2) is 51.4 Å². The molecule has 2 saturated heterocycles. The summed E-state index contributed by atoms with van der Waals surface area (Å²) in [6.07, 6.45) is 5.10. The number of rotatable bonds is 4. The number of likely N-dealkylation sites (tertiary alicyclic amines) is 1. The highest BCUT2D eigenvalue weighted by molar-refractivity contribution is 7.89. The van der Waals surface area contributed by atoms with Gasteiger partial charge in [0.05, 0.1) is 4.90 Å². The van der Waals surface area contributed by atoms with Gasteiger partial charge in [0.25, 0.3) is 5.91 Å². The summed E-state index contributed by atoms with van der Waals surface area (Å²) in [6.45, 7) is 3.71. The maximum atomic E-state index is 12.7. The first-order valence-corrected chi connectivity index (χ1v) is 10.6. The van der Waals surface area contributed by atoms with Crippen molar-refractivity contribution in [1.82, 2.24) is 14.9 Å². The summed E-state index contributed by atoms with van der Waals surface area (Å²) in [6, 6.07) is 6.41. The highest BCUT2D eigenvalue weighted by atomic mass is 32.2. The number of sulfonamides is 1. The van der Waals surface area contributed by atoms with Crippen molar-refractivity contribution in [3.63, 3.8) is 0 Å². The second-order valence-corrected chi connectivity index (χ2v) is 9.35. The van der Waals surface area contributed by atoms with Crippen molar-refractivity contribution in [2.45, 2.75) is 43.0 Å². The van der Waals surface area contributed by atoms with Crippen LogP contribution >= 0.6 is 0 Å². The van der Waals surface area contributed by atoms with Crippen molar-refractivity contribution >= 4 is 15.9 Å². The van der Waals surface area contributed by atoms with Crippen molar-refractivity contribution in [2.75, 3.05) is 26.2 Å². The fourth-order valence-electron chi connectivity index (χ4n) is 3.85. The van der Waals surface area contributed by atoms with E-state index in [1.54, 1.807) is 12.1 Å². The van der Waals surface area contributed by atoms with Gasteiger partial charge >= 0.3 is 0 Å². The lowest BCUT2D eigenvalue weighted by Crippen LogP contribution is -2.44. The van der Waals surface area contributed by atoms with E-state index in [9.17, 15) is 13.2 Å². The quantitative estimate of drug-likeness (QED) is 0.846. The topological polar surface area (TPSA) is 78.5 Å². The van der Waals surface area contributed by atoms with Gasteiger partial charge < -0.3 is 10.2 Å². The fraction of sp³-hybridized carbons (Fsp3) is 0.611. The fourth-order valence-corrected chi connectivity index (χ4v) is 5.16. The van der Waals surface area contributed by atoms with Gasteiger partial charge in [-0.15, -0.1) is 0 Å². The maximum Gasteiger partial charge on any atom is 0.253 e. The SMILES string of the molecule is O=C(c1ccc(S(=O)(=O)NC2CC2)cc1)N1CCC2(CCNC2)CC1. The van der Waals surface area contributed by atoms with Crippen LogP contribution < -0.4 is 10.0 Å². The average Bonchev–Trinajstić information content (AvgIpc) is 3.31. The van der Waals surface area contributed by atoms with Gasteiger partial charge in [-0.1, -0.05) is 0 Å². The molecule has 0 radical (unpaired) electrons. The summed E-state index contributed by atoms with van der Waals surface area (Å²) >= 11 is 0. The summed E-state index contributed by atoms with van der Waals surface area (Å²) in [5, 5.41) is 3.43. The minimum Gasteiger partial charge on any atom is -0.339 e. The molecule has 2 heterocycles. The zero-order valence-corrected chi connectivity index (χ0v) is 15.1. The lowest BCUT2D eigenvalue weighted by atomic mass is 9.78. The summed E-state index contributed by atoms with van der Waals surface area (Å²) in [7, 11) is -3.46. The van der Waals surface area contributed by atoms with Gasteiger partial charge in [-0.05, 0) is 68.3 Å². The van der Waals surface area contributed by atoms with Crippen molar-refractivity contribution < 1.29 is 13.2 Å². The molecule has 0 atom stereocenters. The molecule has 1 aliphatic carbocycles. The van der Waals surface area contributed by atoms with Gasteiger partial charge in [0.2, 0.25) is 10.0 Å². The third-order valence-corrected chi connectivity index (χ3v) is 7.29. The Labute approximate surface area is 149 Å². The van der Waals surface area contributed by atoms with Crippen LogP contribution in [0.15, 0.2) is 29.2 Å². The predicted molar refractivity (Wildman–Crippen MR) is 94.8 cm³/mol. The maximum absolute atomic E-state index is 12.7. The molecule has 1 aromatic carbocycles. The Morgan fingerprint density at radius 3 is 2.36 bits per heavy atom. The average molecular weight is 363 g/mol. The van der Waals surface area contributed by atoms with E-state index < -0.39 is 10.0 Å². The van der Waals surface area contributed by atoms with E-state index in [1.807, 2.05) is 4.90 Å². The molecule has 3 aliphatic rings. The van der Waals surface area contributed by atoms with E-state index in [-0.39, 0.29) is 16.8 Å². The molecule has 6 nitrogen and oxygen atoms in total. The number of hydrogen-bond donors (Lipinski definition) is 2. The van der Waals surface area contributed by atoms with Crippen LogP contribution in [0.1, 0.15) is 42.5 Å². The zero-order valence-electron chi connectivity index (χ0n) is 14.3. The monoisotopic (exact) mass is 363 g/mol. The van der Waals surface area contributed by atoms with Gasteiger partial charge in [-0.2, -0.15) is 0 Å². The first-order valence-electron chi connectivity index (χ1n) is 9.10. The van der Waals surface area contributed by atoms with E-state index in [0.717, 1.165) is 51.9 Å². The third-order valence-electron chi connectivity index (χ3n) is 5.75. The number of hydrogen-bond acceptors (Lipinski definition) is 4. The molecule has 1 amide bonds. The van der Waals surface area contributed by atoms with Gasteiger partial charge in [-0.25, -0.2) is 13.1 Å². The van der Waals surface area contributed by atoms with Crippen LogP contribution in [0.4, 0.5) is 0 Å². The molecule has 0 unspecified atom stereocenters. The molecule has 0 aromatic heterocycles. The molecule has 2 aliphatic heterocycles. The van der Waals surface area contributed by atoms with Gasteiger partial charge in [0.15, 0.2) is 0 Å². The molecule has 1 saturated carbocycles. The Hall–Kier alpha value is -1.44. The highest BCUT2D eigenvalue weighted by Gasteiger charge is 2.38. The van der Waals surface area contributed by atoms with Crippen LogP contribution in [0.3, 0.4) is 0 Å². The second-order valence-electron chi connectivity index (χ2n) is 7.64. The first kappa shape index (κ1) is 17.0. The summed E-state index contributed by atoms with van der Waals surface area (Å²) in [5.74, 6) is -0.0000869. The molecule has 4 rings (SSSR count). The number of carbonyl (C=O) groups is 1. The van der Waals surface area contributed by atoms with Crippen molar-refractivity contribution in [3.8, 4) is 0 Å². The Kier molecular flexibility index (Phi) is 4.33. The lowest BCUT2D eigenvalue weighted by molar-refractivity contribution is 0.0607. The van der Waals surface area contributed by atoms with Gasteiger partial charge in [0, 0.05) is 31.2 Å². The molecule has 25 heavy (non-hydrogen) atoms. The predicted octanol–water partition coefficient (Wildman–Crippen LogP) is 1.34. The Morgan fingerprint density at radius 2 is 1.80 bits per heavy atom. The number of nitrogens with zero attached hydrogens (tertiary/aromatic N) is 1. The standard InChI is InChI=1S/C18H25N3O3S/c22-17(21-11-8-18(9-12-21)7-10-19-13-18)14-1-5-16(6-2-14)25(23,24)20-15-3-4-15/h1-2,5-6,15,19-20H,3-4,7-13H2. The molecule has 3 fully saturated rings. The highest BCUT2D eigenvalue weighted by Crippen LogP contribution is 2.37. The Balaban J connectivity index is 1.40. The summed E-state index contributed by atoms with van der Waals surface area (Å²) in [5.41, 5.74) is 0.939. The van der Waals surface area contributed by atoms with Crippen molar-refractivity contribution in [1.29, 1.82) is 0 Å². The van der Waals surface area contributed by atoms with E-state index in [0.29, 0.717) is 11.0 Å². The number of carbonyl (C=O) groups excluding carboxylic acids is 1. The molecule has 0 bridgehead atoms. The van der Waals surface area contributed by atoms with Crippen LogP contribution in [-0.2, 0) is 10.0 Å². The number of benzene rings is 1. The minimum atomic E-state index is -3.46. The van der Waals surface area contributed by atoms with E-state index in [2.05, 4.69) is 10.0 Å². The molecular formula is C18H25N3O3S. The molecule has 7 heteroatoms. The lowest BCUT2D eigenvalue weighted by Gasteiger charge is -2.38. The van der Waals surface area contributed by atoms with Crippen LogP contribution in [0.25, 0.3) is 0 Å². The zero-order chi connectivity index (χ0) is 17.5. The number of amides is 1. The van der Waals surface area contributed by atoms with E-state index in [1.165, 1.54) is 18.6 Å². The molecule has 2 N–H and O–H groups in total. The molecule has 1 aromatic rings. The minimum absolute atomic E-state index is 0.0000869. The summed E-state index contributed by atoms with van der Waals surface area (Å²) in [4.78, 5) is 14.8. The van der Waals surface area contributed by atoms with Gasteiger partial charge in [-0.3, -0.25) is 4.79 Å². The number of nitrogens with one attached hydrogen (secondary N) is 2. The van der Waals surface area contributed by atoms with Crippen LogP contribution in [0.5, 0.6) is 0 Å². The van der Waals surface area contributed by atoms with Crippen LogP contribution in [0.2, 0.25) is 0 Å². The Bertz CT molecular complexity index is 740. The second kappa shape index (κ2) is 6.37. The van der Waals surface area contributed by atoms with Crippen molar-refractivity contribution in [2.24, 2.45) is 5.41 Å². The van der Waals surface area contributed by atoms with E-state index in [4.69, 9.17) is 0 Å². The smallest absolute Gasteiger partial charge is 0.253 e. The Morgan fingerprint density at radius 1 is 1.12 bits per heavy atom. The number of piperidine rings is 1. The largest absolute Gasteiger partial charge is 0.339 e.